The number of benzene rings is 1. The molecule has 1 aliphatic heterocycles. The average Bonchev–Trinajstić information content (AvgIpc) is 2.40. The predicted molar refractivity (Wildman–Crippen MR) is 81.5 cm³/mol. The van der Waals surface area contributed by atoms with E-state index in [0.29, 0.717) is 6.04 Å². The summed E-state index contributed by atoms with van der Waals surface area (Å²) in [6.45, 7) is 11.3. The number of piperazine rings is 1. The van der Waals surface area contributed by atoms with Crippen molar-refractivity contribution >= 4 is 0 Å². The van der Waals surface area contributed by atoms with Crippen molar-refractivity contribution < 1.29 is 0 Å². The quantitative estimate of drug-likeness (QED) is 0.867. The molecule has 2 N–H and O–H groups in total. The van der Waals surface area contributed by atoms with Crippen LogP contribution in [0.3, 0.4) is 0 Å². The SMILES string of the molecule is CNC(c1cccc(C)c1)C(C)(C)N1CCNCC1. The van der Waals surface area contributed by atoms with Crippen molar-refractivity contribution in [1.29, 1.82) is 0 Å². The minimum Gasteiger partial charge on any atom is -0.314 e. The summed E-state index contributed by atoms with van der Waals surface area (Å²) in [5, 5.41) is 6.95. The van der Waals surface area contributed by atoms with E-state index >= 15 is 0 Å². The van der Waals surface area contributed by atoms with Crippen LogP contribution in [0.4, 0.5) is 0 Å². The summed E-state index contributed by atoms with van der Waals surface area (Å²) in [6.07, 6.45) is 0. The van der Waals surface area contributed by atoms with Gasteiger partial charge in [-0.15, -0.1) is 0 Å². The van der Waals surface area contributed by atoms with Crippen molar-refractivity contribution in [2.45, 2.75) is 32.4 Å². The van der Waals surface area contributed by atoms with Crippen molar-refractivity contribution in [2.75, 3.05) is 33.2 Å². The summed E-state index contributed by atoms with van der Waals surface area (Å²) in [5.41, 5.74) is 2.82. The van der Waals surface area contributed by atoms with Gasteiger partial charge < -0.3 is 10.6 Å². The first kappa shape index (κ1) is 14.5. The lowest BCUT2D eigenvalue weighted by atomic mass is 9.86. The van der Waals surface area contributed by atoms with Gasteiger partial charge in [0.15, 0.2) is 0 Å². The minimum atomic E-state index is 0.116. The molecule has 0 spiro atoms. The zero-order chi connectivity index (χ0) is 13.9. The lowest BCUT2D eigenvalue weighted by Crippen LogP contribution is -2.58. The molecule has 1 aromatic carbocycles. The molecule has 1 fully saturated rings. The van der Waals surface area contributed by atoms with Gasteiger partial charge in [0.05, 0.1) is 0 Å². The number of hydrogen-bond acceptors (Lipinski definition) is 3. The Kier molecular flexibility index (Phi) is 4.61. The fraction of sp³-hybridized carbons (Fsp3) is 0.625. The normalized spacial score (nSPS) is 19.4. The van der Waals surface area contributed by atoms with Crippen LogP contribution in [0.15, 0.2) is 24.3 Å². The molecule has 0 amide bonds. The molecule has 1 heterocycles. The largest absolute Gasteiger partial charge is 0.314 e. The van der Waals surface area contributed by atoms with Crippen molar-refractivity contribution in [3.63, 3.8) is 0 Å². The molecule has 3 heteroatoms. The van der Waals surface area contributed by atoms with E-state index in [1.165, 1.54) is 11.1 Å². The van der Waals surface area contributed by atoms with Crippen LogP contribution in [-0.4, -0.2) is 43.7 Å². The van der Waals surface area contributed by atoms with E-state index < -0.39 is 0 Å². The number of nitrogens with one attached hydrogen (secondary N) is 2. The summed E-state index contributed by atoms with van der Waals surface area (Å²) in [7, 11) is 2.07. The lowest BCUT2D eigenvalue weighted by molar-refractivity contribution is 0.0699. The van der Waals surface area contributed by atoms with Gasteiger partial charge in [0.1, 0.15) is 0 Å². The number of likely N-dealkylation sites (N-methyl/N-ethyl adjacent to an activating group) is 1. The van der Waals surface area contributed by atoms with Crippen LogP contribution < -0.4 is 10.6 Å². The van der Waals surface area contributed by atoms with Gasteiger partial charge in [-0.2, -0.15) is 0 Å². The third-order valence-electron chi connectivity index (χ3n) is 4.30. The summed E-state index contributed by atoms with van der Waals surface area (Å²) >= 11 is 0. The summed E-state index contributed by atoms with van der Waals surface area (Å²) in [6, 6.07) is 9.20. The predicted octanol–water partition coefficient (Wildman–Crippen LogP) is 1.94. The van der Waals surface area contributed by atoms with E-state index in [1.54, 1.807) is 0 Å². The van der Waals surface area contributed by atoms with Gasteiger partial charge in [-0.25, -0.2) is 0 Å². The maximum atomic E-state index is 3.52. The van der Waals surface area contributed by atoms with Crippen LogP contribution in [0.25, 0.3) is 0 Å². The standard InChI is InChI=1S/C16H27N3/c1-13-6-5-7-14(12-13)15(17-4)16(2,3)19-10-8-18-9-11-19/h5-7,12,15,17-18H,8-11H2,1-4H3. The molecule has 0 radical (unpaired) electrons. The highest BCUT2D eigenvalue weighted by atomic mass is 15.3. The Morgan fingerprint density at radius 1 is 1.26 bits per heavy atom. The highest BCUT2D eigenvalue weighted by molar-refractivity contribution is 5.27. The van der Waals surface area contributed by atoms with Crippen molar-refractivity contribution in [3.8, 4) is 0 Å². The average molecular weight is 261 g/mol. The third-order valence-corrected chi connectivity index (χ3v) is 4.30. The maximum Gasteiger partial charge on any atom is 0.0499 e. The molecule has 0 aromatic heterocycles. The molecule has 106 valence electrons. The molecule has 1 atom stereocenters. The van der Waals surface area contributed by atoms with E-state index in [9.17, 15) is 0 Å². The van der Waals surface area contributed by atoms with Gasteiger partial charge in [-0.05, 0) is 33.4 Å². The van der Waals surface area contributed by atoms with Crippen molar-refractivity contribution in [1.82, 2.24) is 15.5 Å². The van der Waals surface area contributed by atoms with Gasteiger partial charge >= 0.3 is 0 Å². The topological polar surface area (TPSA) is 27.3 Å². The molecular weight excluding hydrogens is 234 g/mol. The lowest BCUT2D eigenvalue weighted by Gasteiger charge is -2.46. The second-order valence-corrected chi connectivity index (χ2v) is 6.03. The second-order valence-electron chi connectivity index (χ2n) is 6.03. The summed E-state index contributed by atoms with van der Waals surface area (Å²) in [5.74, 6) is 0. The van der Waals surface area contributed by atoms with E-state index in [2.05, 4.69) is 67.6 Å². The van der Waals surface area contributed by atoms with E-state index in [0.717, 1.165) is 26.2 Å². The first-order chi connectivity index (χ1) is 9.05. The monoisotopic (exact) mass is 261 g/mol. The minimum absolute atomic E-state index is 0.116. The van der Waals surface area contributed by atoms with E-state index in [4.69, 9.17) is 0 Å². The Morgan fingerprint density at radius 3 is 2.53 bits per heavy atom. The van der Waals surface area contributed by atoms with Crippen LogP contribution in [-0.2, 0) is 0 Å². The van der Waals surface area contributed by atoms with Crippen LogP contribution in [0.1, 0.15) is 31.0 Å². The van der Waals surface area contributed by atoms with Crippen molar-refractivity contribution in [3.05, 3.63) is 35.4 Å². The molecule has 0 saturated carbocycles. The number of aryl methyl sites for hydroxylation is 1. The zero-order valence-electron chi connectivity index (χ0n) is 12.7. The van der Waals surface area contributed by atoms with E-state index in [-0.39, 0.29) is 5.54 Å². The van der Waals surface area contributed by atoms with Gasteiger partial charge in [0.25, 0.3) is 0 Å². The van der Waals surface area contributed by atoms with Crippen molar-refractivity contribution in [2.24, 2.45) is 0 Å². The molecule has 1 aromatic rings. The molecular formula is C16H27N3. The highest BCUT2D eigenvalue weighted by Crippen LogP contribution is 2.31. The Hall–Kier alpha value is -0.900. The van der Waals surface area contributed by atoms with E-state index in [1.807, 2.05) is 0 Å². The smallest absolute Gasteiger partial charge is 0.0499 e. The van der Waals surface area contributed by atoms with Gasteiger partial charge in [0, 0.05) is 37.8 Å². The molecule has 19 heavy (non-hydrogen) atoms. The zero-order valence-corrected chi connectivity index (χ0v) is 12.7. The van der Waals surface area contributed by atoms with Gasteiger partial charge in [0.2, 0.25) is 0 Å². The molecule has 0 aliphatic carbocycles. The Balaban J connectivity index is 2.24. The molecule has 0 bridgehead atoms. The van der Waals surface area contributed by atoms with Gasteiger partial charge in [-0.1, -0.05) is 29.8 Å². The maximum absolute atomic E-state index is 3.52. The van der Waals surface area contributed by atoms with Crippen LogP contribution in [0.2, 0.25) is 0 Å². The van der Waals surface area contributed by atoms with Crippen LogP contribution in [0, 0.1) is 6.92 Å². The van der Waals surface area contributed by atoms with Gasteiger partial charge in [-0.3, -0.25) is 4.90 Å². The first-order valence-corrected chi connectivity index (χ1v) is 7.25. The molecule has 3 nitrogen and oxygen atoms in total. The van der Waals surface area contributed by atoms with Crippen LogP contribution >= 0.6 is 0 Å². The van der Waals surface area contributed by atoms with Crippen LogP contribution in [0.5, 0.6) is 0 Å². The second kappa shape index (κ2) is 6.04. The Morgan fingerprint density at radius 2 is 1.95 bits per heavy atom. The fourth-order valence-electron chi connectivity index (χ4n) is 3.20. The molecule has 1 unspecified atom stereocenters. The molecule has 1 saturated heterocycles. The Bertz CT molecular complexity index is 408. The number of rotatable bonds is 4. The number of hydrogen-bond donors (Lipinski definition) is 2. The first-order valence-electron chi connectivity index (χ1n) is 7.25. The Labute approximate surface area is 117 Å². The summed E-state index contributed by atoms with van der Waals surface area (Å²) < 4.78 is 0. The molecule has 1 aliphatic rings. The summed E-state index contributed by atoms with van der Waals surface area (Å²) in [4.78, 5) is 2.59. The highest BCUT2D eigenvalue weighted by Gasteiger charge is 2.35. The number of nitrogens with zero attached hydrogens (tertiary/aromatic N) is 1. The fourth-order valence-corrected chi connectivity index (χ4v) is 3.20. The third kappa shape index (κ3) is 3.16. The molecule has 2 rings (SSSR count).